The number of anilines is 1. The van der Waals surface area contributed by atoms with Gasteiger partial charge >= 0.3 is 18.5 Å². The number of benzene rings is 1. The number of hydrogen-bond donors (Lipinski definition) is 5. The summed E-state index contributed by atoms with van der Waals surface area (Å²) in [7, 11) is 0. The average Bonchev–Trinajstić information content (AvgIpc) is 2.93. The Bertz CT molecular complexity index is 954. The highest BCUT2D eigenvalue weighted by atomic mass is 19.4. The van der Waals surface area contributed by atoms with E-state index in [0.29, 0.717) is 16.9 Å². The van der Waals surface area contributed by atoms with Crippen LogP contribution in [0.2, 0.25) is 0 Å². The molecule has 2 heterocycles. The van der Waals surface area contributed by atoms with Crippen molar-refractivity contribution in [1.29, 1.82) is 0 Å². The van der Waals surface area contributed by atoms with Crippen LogP contribution in [0.4, 0.5) is 28.7 Å². The van der Waals surface area contributed by atoms with Crippen molar-refractivity contribution in [2.45, 2.75) is 6.18 Å². The lowest BCUT2D eigenvalue weighted by molar-refractivity contribution is -0.137. The first-order valence-electron chi connectivity index (χ1n) is 7.04. The van der Waals surface area contributed by atoms with Gasteiger partial charge in [0.05, 0.1) is 11.3 Å². The molecule has 13 heteroatoms. The fourth-order valence-electron chi connectivity index (χ4n) is 2.00. The third-order valence-electron chi connectivity index (χ3n) is 2.86. The summed E-state index contributed by atoms with van der Waals surface area (Å²) in [6.45, 7) is 0. The van der Waals surface area contributed by atoms with Crippen LogP contribution >= 0.6 is 0 Å². The van der Waals surface area contributed by atoms with Crippen molar-refractivity contribution in [1.82, 2.24) is 14.6 Å². The van der Waals surface area contributed by atoms with Crippen molar-refractivity contribution < 1.29 is 43.2 Å². The number of nitrogen functional groups attached to an aromatic ring is 1. The molecule has 0 aliphatic carbocycles. The maximum atomic E-state index is 12.7. The van der Waals surface area contributed by atoms with Gasteiger partial charge in [0.1, 0.15) is 0 Å². The van der Waals surface area contributed by atoms with Gasteiger partial charge in [0.15, 0.2) is 5.65 Å². The van der Waals surface area contributed by atoms with Crippen molar-refractivity contribution in [3.8, 4) is 11.3 Å². The Kier molecular flexibility index (Phi) is 7.13. The third-order valence-corrected chi connectivity index (χ3v) is 2.86. The zero-order valence-corrected chi connectivity index (χ0v) is 13.7. The number of nitrogens with two attached hydrogens (primary N) is 1. The molecule has 28 heavy (non-hydrogen) atoms. The first kappa shape index (κ1) is 22.0. The lowest BCUT2D eigenvalue weighted by atomic mass is 10.1. The summed E-state index contributed by atoms with van der Waals surface area (Å²) in [6, 6.07) is 10.1. The molecular formula is C15H13F3N4O6. The van der Waals surface area contributed by atoms with Crippen LogP contribution < -0.4 is 5.73 Å². The minimum absolute atomic E-state index is 0.0735. The van der Waals surface area contributed by atoms with Gasteiger partial charge in [0, 0.05) is 5.56 Å². The Morgan fingerprint density at radius 2 is 1.50 bits per heavy atom. The molecule has 0 amide bonds. The second kappa shape index (κ2) is 9.07. The maximum Gasteiger partial charge on any atom is 0.503 e. The molecule has 0 saturated heterocycles. The van der Waals surface area contributed by atoms with E-state index in [1.165, 1.54) is 10.6 Å². The van der Waals surface area contributed by atoms with Crippen LogP contribution in [0.15, 0.2) is 42.5 Å². The summed E-state index contributed by atoms with van der Waals surface area (Å²) in [5, 5.41) is 31.9. The topological polar surface area (TPSA) is 171 Å². The highest BCUT2D eigenvalue weighted by Gasteiger charge is 2.30. The molecule has 6 N–H and O–H groups in total. The predicted octanol–water partition coefficient (Wildman–Crippen LogP) is 3.44. The molecule has 10 nitrogen and oxygen atoms in total. The number of rotatable bonds is 1. The molecule has 0 bridgehead atoms. The van der Waals surface area contributed by atoms with Gasteiger partial charge in [-0.25, -0.2) is 14.1 Å². The highest BCUT2D eigenvalue weighted by Crippen LogP contribution is 2.32. The fraction of sp³-hybridized carbons (Fsp3) is 0.0667. The zero-order chi connectivity index (χ0) is 21.5. The SMILES string of the molecule is Nc1nc2cccc(-c3cccc(C(F)(F)F)c3)n2n1.O=C(O)O.O=C(O)O. The lowest BCUT2D eigenvalue weighted by Crippen LogP contribution is -2.05. The molecule has 3 rings (SSSR count). The van der Waals surface area contributed by atoms with Crippen molar-refractivity contribution >= 4 is 23.9 Å². The number of carbonyl (C=O) groups is 2. The van der Waals surface area contributed by atoms with E-state index >= 15 is 0 Å². The quantitative estimate of drug-likeness (QED) is 0.409. The van der Waals surface area contributed by atoms with E-state index in [9.17, 15) is 13.2 Å². The number of carboxylic acid groups (broad SMARTS) is 4. The monoisotopic (exact) mass is 402 g/mol. The number of nitrogens with zero attached hydrogens (tertiary/aromatic N) is 3. The van der Waals surface area contributed by atoms with Crippen molar-refractivity contribution in [2.24, 2.45) is 0 Å². The summed E-state index contributed by atoms with van der Waals surface area (Å²) >= 11 is 0. The van der Waals surface area contributed by atoms with Crippen LogP contribution in [-0.4, -0.2) is 47.3 Å². The number of hydrogen-bond acceptors (Lipinski definition) is 5. The van der Waals surface area contributed by atoms with E-state index in [0.717, 1.165) is 12.1 Å². The summed E-state index contributed by atoms with van der Waals surface area (Å²) < 4.78 is 39.7. The number of aromatic nitrogens is 3. The predicted molar refractivity (Wildman–Crippen MR) is 89.1 cm³/mol. The maximum absolute atomic E-state index is 12.7. The van der Waals surface area contributed by atoms with E-state index in [-0.39, 0.29) is 5.95 Å². The van der Waals surface area contributed by atoms with Crippen molar-refractivity contribution in [3.63, 3.8) is 0 Å². The van der Waals surface area contributed by atoms with Gasteiger partial charge in [0.2, 0.25) is 5.95 Å². The summed E-state index contributed by atoms with van der Waals surface area (Å²) in [6.07, 6.45) is -8.05. The Morgan fingerprint density at radius 3 is 2.04 bits per heavy atom. The smallest absolute Gasteiger partial charge is 0.450 e. The molecule has 0 aliphatic heterocycles. The van der Waals surface area contributed by atoms with Gasteiger partial charge in [-0.05, 0) is 24.3 Å². The van der Waals surface area contributed by atoms with Crippen LogP contribution in [-0.2, 0) is 6.18 Å². The van der Waals surface area contributed by atoms with Crippen LogP contribution in [0.25, 0.3) is 16.9 Å². The number of pyridine rings is 1. The van der Waals surface area contributed by atoms with Gasteiger partial charge in [-0.15, -0.1) is 5.10 Å². The Hall–Kier alpha value is -4.03. The number of fused-ring (bicyclic) bond motifs is 1. The lowest BCUT2D eigenvalue weighted by Gasteiger charge is -2.09. The average molecular weight is 402 g/mol. The first-order valence-corrected chi connectivity index (χ1v) is 7.04. The van der Waals surface area contributed by atoms with Crippen LogP contribution in [0.3, 0.4) is 0 Å². The highest BCUT2D eigenvalue weighted by molar-refractivity contribution is 5.64. The van der Waals surface area contributed by atoms with E-state index in [4.69, 9.17) is 35.7 Å². The van der Waals surface area contributed by atoms with Gasteiger partial charge in [-0.2, -0.15) is 18.2 Å². The summed E-state index contributed by atoms with van der Waals surface area (Å²) in [5.74, 6) is 0.0735. The van der Waals surface area contributed by atoms with Crippen LogP contribution in [0.5, 0.6) is 0 Å². The molecule has 2 aromatic heterocycles. The van der Waals surface area contributed by atoms with Gasteiger partial charge in [-0.3, -0.25) is 0 Å². The minimum Gasteiger partial charge on any atom is -0.450 e. The number of halogens is 3. The molecule has 0 spiro atoms. The fourth-order valence-corrected chi connectivity index (χ4v) is 2.00. The van der Waals surface area contributed by atoms with E-state index in [2.05, 4.69) is 10.1 Å². The first-order chi connectivity index (χ1) is 12.9. The molecule has 1 aromatic carbocycles. The third kappa shape index (κ3) is 6.70. The Labute approximate surface area is 153 Å². The van der Waals surface area contributed by atoms with Crippen molar-refractivity contribution in [2.75, 3.05) is 5.73 Å². The van der Waals surface area contributed by atoms with Crippen molar-refractivity contribution in [3.05, 3.63) is 48.0 Å². The molecule has 0 fully saturated rings. The molecule has 0 atom stereocenters. The van der Waals surface area contributed by atoms with Gasteiger partial charge < -0.3 is 26.2 Å². The summed E-state index contributed by atoms with van der Waals surface area (Å²) in [5.41, 5.74) is 6.19. The Balaban J connectivity index is 0.000000420. The standard InChI is InChI=1S/C13H9F3N4.2CH2O3/c14-13(15,16)9-4-1-3-8(7-9)10-5-2-6-11-18-12(17)19-20(10)11;2*2-1(3)4/h1-7H,(H2,17,19);2*(H2,2,3,4). The van der Waals surface area contributed by atoms with E-state index in [1.54, 1.807) is 24.3 Å². The molecule has 0 radical (unpaired) electrons. The van der Waals surface area contributed by atoms with Crippen LogP contribution in [0.1, 0.15) is 5.56 Å². The molecule has 0 aliphatic rings. The van der Waals surface area contributed by atoms with E-state index in [1.807, 2.05) is 0 Å². The molecule has 0 unspecified atom stereocenters. The van der Waals surface area contributed by atoms with Crippen LogP contribution in [0, 0.1) is 0 Å². The molecule has 150 valence electrons. The number of alkyl halides is 3. The van der Waals surface area contributed by atoms with Gasteiger partial charge in [-0.1, -0.05) is 18.2 Å². The molecule has 0 saturated carbocycles. The summed E-state index contributed by atoms with van der Waals surface area (Å²) in [4.78, 5) is 21.1. The van der Waals surface area contributed by atoms with Gasteiger partial charge in [0.25, 0.3) is 0 Å². The largest absolute Gasteiger partial charge is 0.503 e. The Morgan fingerprint density at radius 1 is 0.964 bits per heavy atom. The molecule has 3 aromatic rings. The normalized spacial score (nSPS) is 10.2. The second-order valence-corrected chi connectivity index (χ2v) is 4.79. The zero-order valence-electron chi connectivity index (χ0n) is 13.7. The minimum atomic E-state index is -4.38. The molecular weight excluding hydrogens is 389 g/mol. The van der Waals surface area contributed by atoms with E-state index < -0.39 is 24.1 Å². The second-order valence-electron chi connectivity index (χ2n) is 4.79.